The maximum Gasteiger partial charge on any atom is 0.136 e. The zero-order valence-electron chi connectivity index (χ0n) is 14.3. The summed E-state index contributed by atoms with van der Waals surface area (Å²) < 4.78 is 16.4. The van der Waals surface area contributed by atoms with Crippen molar-refractivity contribution in [1.82, 2.24) is 14.7 Å². The average Bonchev–Trinajstić information content (AvgIpc) is 2.86. The van der Waals surface area contributed by atoms with Crippen LogP contribution in [0.4, 0.5) is 0 Å². The summed E-state index contributed by atoms with van der Waals surface area (Å²) in [5.74, 6) is 0. The molecule has 25 heavy (non-hydrogen) atoms. The Balaban J connectivity index is 2.49. The van der Waals surface area contributed by atoms with E-state index in [4.69, 9.17) is 11.6 Å². The van der Waals surface area contributed by atoms with Crippen molar-refractivity contribution in [2.45, 2.75) is 44.4 Å². The van der Waals surface area contributed by atoms with E-state index in [0.717, 1.165) is 8.66 Å². The molecular formula is C16H18BrClN4OS2. The van der Waals surface area contributed by atoms with Crippen molar-refractivity contribution in [3.05, 3.63) is 43.5 Å². The van der Waals surface area contributed by atoms with Gasteiger partial charge in [-0.2, -0.15) is 5.26 Å². The molecule has 2 unspecified atom stereocenters. The Labute approximate surface area is 168 Å². The van der Waals surface area contributed by atoms with Gasteiger partial charge in [-0.05, 0) is 49.7 Å². The zero-order chi connectivity index (χ0) is 18.8. The summed E-state index contributed by atoms with van der Waals surface area (Å²) in [6, 6.07) is 3.92. The van der Waals surface area contributed by atoms with E-state index >= 15 is 0 Å². The van der Waals surface area contributed by atoms with Crippen LogP contribution in [0.1, 0.15) is 43.8 Å². The van der Waals surface area contributed by atoms with E-state index in [1.165, 1.54) is 23.9 Å². The highest BCUT2D eigenvalue weighted by Gasteiger charge is 2.40. The largest absolute Gasteiger partial charge is 0.598 e. The summed E-state index contributed by atoms with van der Waals surface area (Å²) in [6.07, 6.45) is 3.24. The second-order valence-corrected chi connectivity index (χ2v) is 11.5. The Bertz CT molecular complexity index is 802. The summed E-state index contributed by atoms with van der Waals surface area (Å²) in [5.41, 5.74) is 0.217. The van der Waals surface area contributed by atoms with Crippen LogP contribution in [-0.2, 0) is 23.3 Å². The summed E-state index contributed by atoms with van der Waals surface area (Å²) in [6.45, 7) is 7.61. The van der Waals surface area contributed by atoms with Crippen molar-refractivity contribution in [3.8, 4) is 6.07 Å². The minimum absolute atomic E-state index is 0.354. The molecule has 0 amide bonds. The Hall–Kier alpha value is -0.690. The Morgan fingerprint density at radius 2 is 2.12 bits per heavy atom. The van der Waals surface area contributed by atoms with Crippen LogP contribution in [0, 0.1) is 11.3 Å². The zero-order valence-corrected chi connectivity index (χ0v) is 18.2. The topological polar surface area (TPSA) is 84.7 Å². The molecule has 0 aromatic carbocycles. The van der Waals surface area contributed by atoms with E-state index in [1.807, 2.05) is 33.8 Å². The molecule has 134 valence electrons. The van der Waals surface area contributed by atoms with E-state index in [2.05, 4.69) is 36.7 Å². The van der Waals surface area contributed by atoms with Crippen LogP contribution in [-0.4, -0.2) is 19.3 Å². The smallest absolute Gasteiger partial charge is 0.136 e. The molecule has 2 aromatic heterocycles. The molecule has 2 rings (SSSR count). The SMILES string of the molecule is CC(Cc1ncncc1C#N)(N[S+]([O-])C(C)(C)C)c1sc(Br)cc1Cl. The summed E-state index contributed by atoms with van der Waals surface area (Å²) in [4.78, 5) is 8.97. The normalized spacial score (nSPS) is 15.4. The van der Waals surface area contributed by atoms with Crippen LogP contribution in [0.25, 0.3) is 0 Å². The number of hydrogen-bond donors (Lipinski definition) is 1. The molecule has 2 aromatic rings. The molecule has 0 bridgehead atoms. The van der Waals surface area contributed by atoms with Gasteiger partial charge >= 0.3 is 0 Å². The second kappa shape index (κ2) is 7.91. The van der Waals surface area contributed by atoms with Crippen LogP contribution in [0.3, 0.4) is 0 Å². The molecule has 5 nitrogen and oxygen atoms in total. The third-order valence-electron chi connectivity index (χ3n) is 3.47. The summed E-state index contributed by atoms with van der Waals surface area (Å²) in [5, 5.41) is 9.89. The third-order valence-corrected chi connectivity index (χ3v) is 7.53. The van der Waals surface area contributed by atoms with E-state index in [9.17, 15) is 9.81 Å². The molecular weight excluding hydrogens is 444 g/mol. The molecule has 0 saturated carbocycles. The second-order valence-electron chi connectivity index (χ2n) is 6.71. The van der Waals surface area contributed by atoms with Gasteiger partial charge in [-0.15, -0.1) is 16.1 Å². The number of nitrogens with one attached hydrogen (secondary N) is 1. The minimum atomic E-state index is -1.33. The lowest BCUT2D eigenvalue weighted by molar-refractivity contribution is 0.421. The maximum atomic E-state index is 12.8. The number of rotatable bonds is 5. The van der Waals surface area contributed by atoms with Gasteiger partial charge in [0.25, 0.3) is 0 Å². The number of thiophene rings is 1. The van der Waals surface area contributed by atoms with Crippen LogP contribution in [0.5, 0.6) is 0 Å². The van der Waals surface area contributed by atoms with Gasteiger partial charge in [0.2, 0.25) is 0 Å². The number of nitriles is 1. The van der Waals surface area contributed by atoms with Crippen molar-refractivity contribution in [3.63, 3.8) is 0 Å². The van der Waals surface area contributed by atoms with Crippen molar-refractivity contribution in [2.75, 3.05) is 0 Å². The molecule has 0 spiro atoms. The molecule has 2 atom stereocenters. The summed E-state index contributed by atoms with van der Waals surface area (Å²) in [7, 11) is 0. The monoisotopic (exact) mass is 460 g/mol. The quantitative estimate of drug-likeness (QED) is 0.670. The fourth-order valence-corrected chi connectivity index (χ4v) is 5.34. The van der Waals surface area contributed by atoms with Gasteiger partial charge in [0, 0.05) is 28.9 Å². The fraction of sp³-hybridized carbons (Fsp3) is 0.438. The molecule has 0 radical (unpaired) electrons. The predicted octanol–water partition coefficient (Wildman–Crippen LogP) is 4.34. The predicted molar refractivity (Wildman–Crippen MR) is 106 cm³/mol. The van der Waals surface area contributed by atoms with Gasteiger partial charge in [0.05, 0.1) is 20.1 Å². The van der Waals surface area contributed by atoms with Gasteiger partial charge in [-0.25, -0.2) is 9.97 Å². The Morgan fingerprint density at radius 3 is 2.64 bits per heavy atom. The van der Waals surface area contributed by atoms with E-state index < -0.39 is 21.6 Å². The van der Waals surface area contributed by atoms with Gasteiger partial charge in [-0.1, -0.05) is 11.6 Å². The molecule has 9 heteroatoms. The van der Waals surface area contributed by atoms with Crippen molar-refractivity contribution in [1.29, 1.82) is 5.26 Å². The fourth-order valence-electron chi connectivity index (χ4n) is 2.16. The first-order valence-electron chi connectivity index (χ1n) is 7.41. The number of halogens is 2. The number of hydrogen-bond acceptors (Lipinski definition) is 6. The van der Waals surface area contributed by atoms with Gasteiger partial charge in [0.1, 0.15) is 22.7 Å². The first-order chi connectivity index (χ1) is 11.6. The van der Waals surface area contributed by atoms with Crippen LogP contribution in [0.15, 0.2) is 22.4 Å². The molecule has 0 aliphatic carbocycles. The highest BCUT2D eigenvalue weighted by Crippen LogP contribution is 2.41. The average molecular weight is 462 g/mol. The van der Waals surface area contributed by atoms with Crippen molar-refractivity contribution in [2.24, 2.45) is 0 Å². The van der Waals surface area contributed by atoms with Crippen molar-refractivity contribution < 1.29 is 4.55 Å². The van der Waals surface area contributed by atoms with E-state index in [1.54, 1.807) is 0 Å². The molecule has 1 N–H and O–H groups in total. The molecule has 0 aliphatic rings. The standard InChI is InChI=1S/C16H18BrClN4OS2/c1-15(2,3)25(23)22-16(4,14-11(18)5-13(17)24-14)6-12-10(7-19)8-20-9-21-12/h5,8-9,22H,6H2,1-4H3. The highest BCUT2D eigenvalue weighted by atomic mass is 79.9. The van der Waals surface area contributed by atoms with Crippen LogP contribution in [0.2, 0.25) is 5.02 Å². The molecule has 0 saturated heterocycles. The highest BCUT2D eigenvalue weighted by molar-refractivity contribution is 9.11. The Kier molecular flexibility index (Phi) is 6.52. The summed E-state index contributed by atoms with van der Waals surface area (Å²) >= 11 is 9.99. The Morgan fingerprint density at radius 1 is 1.44 bits per heavy atom. The first kappa shape index (κ1) is 20.6. The molecule has 2 heterocycles. The van der Waals surface area contributed by atoms with Crippen LogP contribution >= 0.6 is 38.9 Å². The third kappa shape index (κ3) is 4.94. The van der Waals surface area contributed by atoms with Gasteiger partial charge in [-0.3, -0.25) is 0 Å². The lowest BCUT2D eigenvalue weighted by atomic mass is 9.93. The first-order valence-corrected chi connectivity index (χ1v) is 10.5. The van der Waals surface area contributed by atoms with Crippen LogP contribution < -0.4 is 4.72 Å². The number of aromatic nitrogens is 2. The lowest BCUT2D eigenvalue weighted by Crippen LogP contribution is -2.51. The van der Waals surface area contributed by atoms with Crippen molar-refractivity contribution >= 4 is 50.2 Å². The van der Waals surface area contributed by atoms with Gasteiger partial charge < -0.3 is 4.55 Å². The van der Waals surface area contributed by atoms with Gasteiger partial charge in [0.15, 0.2) is 0 Å². The minimum Gasteiger partial charge on any atom is -0.598 e. The molecule has 0 aliphatic heterocycles. The van der Waals surface area contributed by atoms with E-state index in [-0.39, 0.29) is 0 Å². The van der Waals surface area contributed by atoms with E-state index in [0.29, 0.717) is 22.7 Å². The maximum absolute atomic E-state index is 12.8. The number of nitrogens with zero attached hydrogens (tertiary/aromatic N) is 3. The molecule has 0 fully saturated rings. The lowest BCUT2D eigenvalue weighted by Gasteiger charge is -2.34.